The monoisotopic (exact) mass is 346 g/mol. The Morgan fingerprint density at radius 2 is 1.67 bits per heavy atom. The van der Waals surface area contributed by atoms with Gasteiger partial charge in [0.25, 0.3) is 0 Å². The Hall–Kier alpha value is -2.14. The fourth-order valence-corrected chi connectivity index (χ4v) is 2.20. The van der Waals surface area contributed by atoms with Crippen LogP contribution in [0, 0.1) is 13.8 Å². The number of anilines is 2. The van der Waals surface area contributed by atoms with Crippen molar-refractivity contribution in [1.82, 2.24) is 0 Å². The summed E-state index contributed by atoms with van der Waals surface area (Å²) in [5.74, 6) is -1.39. The van der Waals surface area contributed by atoms with Crippen molar-refractivity contribution in [2.45, 2.75) is 13.8 Å². The molecule has 0 bridgehead atoms. The van der Waals surface area contributed by atoms with E-state index in [1.165, 1.54) is 0 Å². The van der Waals surface area contributed by atoms with Crippen molar-refractivity contribution >= 4 is 39.1 Å². The molecule has 108 valence electrons. The third kappa shape index (κ3) is 4.16. The molecule has 0 aliphatic carbocycles. The van der Waals surface area contributed by atoms with E-state index in [1.807, 2.05) is 38.1 Å². The van der Waals surface area contributed by atoms with E-state index in [4.69, 9.17) is 0 Å². The number of nitrogens with one attached hydrogen (secondary N) is 2. The summed E-state index contributed by atoms with van der Waals surface area (Å²) in [5.41, 5.74) is 3.13. The van der Waals surface area contributed by atoms with Gasteiger partial charge in [0.15, 0.2) is 0 Å². The minimum Gasteiger partial charge on any atom is -0.318 e. The second-order valence-corrected chi connectivity index (χ2v) is 5.65. The smallest absolute Gasteiger partial charge is 0.314 e. The van der Waals surface area contributed by atoms with Crippen molar-refractivity contribution in [2.24, 2.45) is 0 Å². The number of benzene rings is 2. The number of hydrogen-bond donors (Lipinski definition) is 2. The molecule has 0 saturated heterocycles. The van der Waals surface area contributed by atoms with Crippen LogP contribution in [-0.4, -0.2) is 11.8 Å². The van der Waals surface area contributed by atoms with Gasteiger partial charge < -0.3 is 10.6 Å². The first kappa shape index (κ1) is 15.3. The van der Waals surface area contributed by atoms with E-state index in [9.17, 15) is 9.59 Å². The molecule has 2 aromatic rings. The van der Waals surface area contributed by atoms with E-state index in [-0.39, 0.29) is 0 Å². The highest BCUT2D eigenvalue weighted by Gasteiger charge is 2.15. The topological polar surface area (TPSA) is 58.2 Å². The van der Waals surface area contributed by atoms with Gasteiger partial charge in [-0.3, -0.25) is 9.59 Å². The fourth-order valence-electron chi connectivity index (χ4n) is 1.80. The van der Waals surface area contributed by atoms with Gasteiger partial charge in [0.2, 0.25) is 0 Å². The number of carbonyl (C=O) groups excluding carboxylic acids is 2. The summed E-state index contributed by atoms with van der Waals surface area (Å²) in [6.45, 7) is 3.80. The number of halogens is 1. The van der Waals surface area contributed by atoms with Gasteiger partial charge in [-0.05, 0) is 49.2 Å². The first-order chi connectivity index (χ1) is 9.95. The van der Waals surface area contributed by atoms with Crippen molar-refractivity contribution in [3.63, 3.8) is 0 Å². The molecule has 2 amide bonds. The van der Waals surface area contributed by atoms with Crippen LogP contribution >= 0.6 is 15.9 Å². The van der Waals surface area contributed by atoms with Crippen LogP contribution in [0.1, 0.15) is 11.1 Å². The lowest BCUT2D eigenvalue weighted by atomic mass is 10.1. The molecule has 0 aliphatic rings. The zero-order chi connectivity index (χ0) is 15.4. The minimum atomic E-state index is -0.700. The van der Waals surface area contributed by atoms with Gasteiger partial charge in [-0.25, -0.2) is 0 Å². The van der Waals surface area contributed by atoms with Crippen LogP contribution in [0.3, 0.4) is 0 Å². The van der Waals surface area contributed by atoms with E-state index in [1.54, 1.807) is 18.2 Å². The van der Waals surface area contributed by atoms with Gasteiger partial charge in [0.1, 0.15) is 0 Å². The highest BCUT2D eigenvalue weighted by molar-refractivity contribution is 9.10. The second kappa shape index (κ2) is 6.54. The first-order valence-electron chi connectivity index (χ1n) is 6.41. The third-order valence-electron chi connectivity index (χ3n) is 2.93. The molecule has 0 heterocycles. The predicted octanol–water partition coefficient (Wildman–Crippen LogP) is 3.64. The Labute approximate surface area is 131 Å². The quantitative estimate of drug-likeness (QED) is 0.815. The molecular formula is C16H15BrN2O2. The lowest BCUT2D eigenvalue weighted by molar-refractivity contribution is -0.133. The Balaban J connectivity index is 2.06. The van der Waals surface area contributed by atoms with E-state index in [0.717, 1.165) is 15.6 Å². The highest BCUT2D eigenvalue weighted by atomic mass is 79.9. The molecular weight excluding hydrogens is 332 g/mol. The standard InChI is InChI=1S/C16H15BrN2O2/c1-10-6-7-11(2)14(8-10)19-16(21)15(20)18-13-5-3-4-12(17)9-13/h3-9H,1-2H3,(H,18,20)(H,19,21). The molecule has 2 aromatic carbocycles. The third-order valence-corrected chi connectivity index (χ3v) is 3.42. The lowest BCUT2D eigenvalue weighted by Crippen LogP contribution is -2.29. The van der Waals surface area contributed by atoms with Gasteiger partial charge in [-0.2, -0.15) is 0 Å². The molecule has 0 aliphatic heterocycles. The summed E-state index contributed by atoms with van der Waals surface area (Å²) in [6.07, 6.45) is 0. The summed E-state index contributed by atoms with van der Waals surface area (Å²) in [4.78, 5) is 23.8. The highest BCUT2D eigenvalue weighted by Crippen LogP contribution is 2.17. The largest absolute Gasteiger partial charge is 0.318 e. The van der Waals surface area contributed by atoms with Gasteiger partial charge in [0, 0.05) is 15.8 Å². The second-order valence-electron chi connectivity index (χ2n) is 4.74. The maximum Gasteiger partial charge on any atom is 0.314 e. The normalized spacial score (nSPS) is 10.0. The van der Waals surface area contributed by atoms with Crippen LogP contribution in [0.2, 0.25) is 0 Å². The van der Waals surface area contributed by atoms with Gasteiger partial charge >= 0.3 is 11.8 Å². The molecule has 2 rings (SSSR count). The number of carbonyl (C=O) groups is 2. The Kier molecular flexibility index (Phi) is 4.75. The molecule has 2 N–H and O–H groups in total. The van der Waals surface area contributed by atoms with Crippen LogP contribution in [-0.2, 0) is 9.59 Å². The summed E-state index contributed by atoms with van der Waals surface area (Å²) >= 11 is 3.31. The zero-order valence-electron chi connectivity index (χ0n) is 11.7. The maximum atomic E-state index is 11.9. The van der Waals surface area contributed by atoms with Crippen molar-refractivity contribution in [1.29, 1.82) is 0 Å². The molecule has 0 spiro atoms. The molecule has 0 unspecified atom stereocenters. The van der Waals surface area contributed by atoms with E-state index in [0.29, 0.717) is 11.4 Å². The van der Waals surface area contributed by atoms with E-state index in [2.05, 4.69) is 26.6 Å². The number of aryl methyl sites for hydroxylation is 2. The number of hydrogen-bond acceptors (Lipinski definition) is 2. The molecule has 5 heteroatoms. The van der Waals surface area contributed by atoms with Crippen LogP contribution in [0.25, 0.3) is 0 Å². The fraction of sp³-hybridized carbons (Fsp3) is 0.125. The maximum absolute atomic E-state index is 11.9. The summed E-state index contributed by atoms with van der Waals surface area (Å²) in [6, 6.07) is 12.7. The molecule has 0 fully saturated rings. The molecule has 0 radical (unpaired) electrons. The SMILES string of the molecule is Cc1ccc(C)c(NC(=O)C(=O)Nc2cccc(Br)c2)c1. The Bertz CT molecular complexity index is 698. The van der Waals surface area contributed by atoms with Crippen LogP contribution in [0.4, 0.5) is 11.4 Å². The summed E-state index contributed by atoms with van der Waals surface area (Å²) in [5, 5.41) is 5.18. The van der Waals surface area contributed by atoms with E-state index < -0.39 is 11.8 Å². The average Bonchev–Trinajstić information content (AvgIpc) is 2.43. The Morgan fingerprint density at radius 3 is 2.38 bits per heavy atom. The zero-order valence-corrected chi connectivity index (χ0v) is 13.3. The first-order valence-corrected chi connectivity index (χ1v) is 7.20. The van der Waals surface area contributed by atoms with Crippen LogP contribution in [0.15, 0.2) is 46.9 Å². The number of rotatable bonds is 2. The summed E-state index contributed by atoms with van der Waals surface area (Å²) in [7, 11) is 0. The van der Waals surface area contributed by atoms with Crippen LogP contribution < -0.4 is 10.6 Å². The molecule has 0 atom stereocenters. The molecule has 21 heavy (non-hydrogen) atoms. The average molecular weight is 347 g/mol. The molecule has 0 saturated carbocycles. The lowest BCUT2D eigenvalue weighted by Gasteiger charge is -2.09. The number of amides is 2. The van der Waals surface area contributed by atoms with Gasteiger partial charge in [-0.1, -0.05) is 34.1 Å². The van der Waals surface area contributed by atoms with Crippen molar-refractivity contribution in [2.75, 3.05) is 10.6 Å². The van der Waals surface area contributed by atoms with Crippen molar-refractivity contribution in [3.05, 3.63) is 58.1 Å². The molecule has 0 aromatic heterocycles. The molecule has 4 nitrogen and oxygen atoms in total. The Morgan fingerprint density at radius 1 is 0.952 bits per heavy atom. The van der Waals surface area contributed by atoms with Gasteiger partial charge in [0.05, 0.1) is 0 Å². The van der Waals surface area contributed by atoms with Crippen molar-refractivity contribution < 1.29 is 9.59 Å². The van der Waals surface area contributed by atoms with Crippen molar-refractivity contribution in [3.8, 4) is 0 Å². The van der Waals surface area contributed by atoms with Gasteiger partial charge in [-0.15, -0.1) is 0 Å². The summed E-state index contributed by atoms with van der Waals surface area (Å²) < 4.78 is 0.829. The van der Waals surface area contributed by atoms with E-state index >= 15 is 0 Å². The van der Waals surface area contributed by atoms with Crippen LogP contribution in [0.5, 0.6) is 0 Å². The minimum absolute atomic E-state index is 0.561. The predicted molar refractivity (Wildman–Crippen MR) is 87.3 cm³/mol.